The van der Waals surface area contributed by atoms with E-state index < -0.39 is 29.5 Å². The number of rotatable bonds is 5. The van der Waals surface area contributed by atoms with Crippen molar-refractivity contribution in [1.29, 1.82) is 0 Å². The third-order valence-electron chi connectivity index (χ3n) is 6.09. The van der Waals surface area contributed by atoms with Gasteiger partial charge in [0.1, 0.15) is 0 Å². The molecule has 0 aromatic heterocycles. The fourth-order valence-corrected chi connectivity index (χ4v) is 4.58. The number of anilines is 2. The molecule has 2 amide bonds. The van der Waals surface area contributed by atoms with E-state index >= 15 is 0 Å². The molecule has 2 unspecified atom stereocenters. The number of amides is 2. The lowest BCUT2D eigenvalue weighted by molar-refractivity contribution is -0.137. The summed E-state index contributed by atoms with van der Waals surface area (Å²) in [6.45, 7) is 3.81. The van der Waals surface area contributed by atoms with Crippen LogP contribution in [-0.4, -0.2) is 17.2 Å². The summed E-state index contributed by atoms with van der Waals surface area (Å²) in [6, 6.07) is 16.7. The maximum absolute atomic E-state index is 13.9. The van der Waals surface area contributed by atoms with Crippen LogP contribution in [0.5, 0.6) is 0 Å². The van der Waals surface area contributed by atoms with Crippen LogP contribution in [0.1, 0.15) is 36.5 Å². The monoisotopic (exact) mass is 488 g/mol. The quantitative estimate of drug-likeness (QED) is 0.415. The van der Waals surface area contributed by atoms with Gasteiger partial charge in [-0.15, -0.1) is 0 Å². The molecule has 1 aliphatic heterocycles. The third-order valence-corrected chi connectivity index (χ3v) is 6.34. The number of aliphatic hydroxyl groups is 1. The van der Waals surface area contributed by atoms with E-state index in [1.165, 1.54) is 21.9 Å². The highest BCUT2D eigenvalue weighted by Crippen LogP contribution is 2.47. The Labute approximate surface area is 201 Å². The first-order valence-electron chi connectivity index (χ1n) is 10.9. The lowest BCUT2D eigenvalue weighted by atomic mass is 9.89. The molecule has 4 rings (SSSR count). The average molecular weight is 489 g/mol. The van der Waals surface area contributed by atoms with E-state index in [4.69, 9.17) is 11.6 Å². The van der Waals surface area contributed by atoms with Crippen molar-refractivity contribution in [2.75, 3.05) is 9.80 Å². The van der Waals surface area contributed by atoms with Crippen molar-refractivity contribution in [3.05, 3.63) is 94.5 Å². The van der Waals surface area contributed by atoms with E-state index in [2.05, 4.69) is 0 Å². The van der Waals surface area contributed by atoms with Gasteiger partial charge in [-0.2, -0.15) is 13.2 Å². The highest BCUT2D eigenvalue weighted by atomic mass is 35.5. The van der Waals surface area contributed by atoms with Crippen molar-refractivity contribution in [2.45, 2.75) is 44.6 Å². The van der Waals surface area contributed by atoms with Crippen molar-refractivity contribution >= 4 is 29.0 Å². The Kier molecular flexibility index (Phi) is 6.36. The zero-order valence-corrected chi connectivity index (χ0v) is 19.4. The van der Waals surface area contributed by atoms with E-state index in [0.29, 0.717) is 29.2 Å². The predicted octanol–water partition coefficient (Wildman–Crippen LogP) is 7.13. The molecule has 0 saturated carbocycles. The largest absolute Gasteiger partial charge is 0.416 e. The second-order valence-electron chi connectivity index (χ2n) is 8.41. The number of urea groups is 1. The molecule has 178 valence electrons. The van der Waals surface area contributed by atoms with Crippen LogP contribution in [-0.2, 0) is 11.9 Å². The second-order valence-corrected chi connectivity index (χ2v) is 8.85. The summed E-state index contributed by atoms with van der Waals surface area (Å²) in [4.78, 5) is 16.5. The Bertz CT molecular complexity index is 1180. The minimum Gasteiger partial charge on any atom is -0.365 e. The minimum atomic E-state index is -4.60. The standard InChI is InChI=1S/C26H24ClF3N2O2/c1-3-5-23-25(34,18-6-4-7-19(16-18)26(28,29)30)32(22-14-10-20(27)11-15-22)24(33)31(23)21-12-8-17(2)9-13-21/h4,6-16,23,34H,3,5H2,1-2H3. The summed E-state index contributed by atoms with van der Waals surface area (Å²) in [5.74, 6) is 0. The molecule has 1 N–H and O–H groups in total. The van der Waals surface area contributed by atoms with E-state index in [0.717, 1.165) is 17.7 Å². The highest BCUT2D eigenvalue weighted by molar-refractivity contribution is 6.30. The number of carbonyl (C=O) groups excluding carboxylic acids is 1. The predicted molar refractivity (Wildman–Crippen MR) is 127 cm³/mol. The molecule has 1 saturated heterocycles. The van der Waals surface area contributed by atoms with Gasteiger partial charge >= 0.3 is 12.2 Å². The molecule has 1 aliphatic rings. The first-order valence-corrected chi connectivity index (χ1v) is 11.3. The van der Waals surface area contributed by atoms with Crippen molar-refractivity contribution in [2.24, 2.45) is 0 Å². The van der Waals surface area contributed by atoms with Crippen LogP contribution in [0.3, 0.4) is 0 Å². The molecule has 0 radical (unpaired) electrons. The molecular weight excluding hydrogens is 465 g/mol. The minimum absolute atomic E-state index is 0.0151. The van der Waals surface area contributed by atoms with Crippen molar-refractivity contribution in [1.82, 2.24) is 0 Å². The fraction of sp³-hybridized carbons (Fsp3) is 0.269. The molecule has 3 aromatic rings. The van der Waals surface area contributed by atoms with Gasteiger partial charge in [-0.25, -0.2) is 4.79 Å². The van der Waals surface area contributed by atoms with Crippen LogP contribution in [0.25, 0.3) is 0 Å². The maximum atomic E-state index is 13.9. The van der Waals surface area contributed by atoms with Gasteiger partial charge < -0.3 is 5.11 Å². The Balaban J connectivity index is 1.96. The van der Waals surface area contributed by atoms with Crippen LogP contribution in [0, 0.1) is 6.92 Å². The van der Waals surface area contributed by atoms with Crippen LogP contribution in [0.2, 0.25) is 5.02 Å². The Morgan fingerprint density at radius 1 is 1.00 bits per heavy atom. The van der Waals surface area contributed by atoms with Gasteiger partial charge in [0.25, 0.3) is 0 Å². The van der Waals surface area contributed by atoms with Gasteiger partial charge in [0.15, 0.2) is 5.72 Å². The number of halogens is 4. The summed E-state index contributed by atoms with van der Waals surface area (Å²) in [5, 5.41) is 12.7. The summed E-state index contributed by atoms with van der Waals surface area (Å²) in [6.07, 6.45) is -3.65. The number of alkyl halides is 3. The number of aryl methyl sites for hydroxylation is 1. The highest BCUT2D eigenvalue weighted by Gasteiger charge is 2.58. The molecule has 34 heavy (non-hydrogen) atoms. The number of hydrogen-bond acceptors (Lipinski definition) is 2. The Morgan fingerprint density at radius 2 is 1.62 bits per heavy atom. The van der Waals surface area contributed by atoms with Gasteiger partial charge in [-0.05, 0) is 61.9 Å². The van der Waals surface area contributed by atoms with Crippen LogP contribution in [0.4, 0.5) is 29.3 Å². The number of benzene rings is 3. The van der Waals surface area contributed by atoms with Gasteiger partial charge in [0, 0.05) is 22.0 Å². The van der Waals surface area contributed by atoms with E-state index in [9.17, 15) is 23.1 Å². The third kappa shape index (κ3) is 4.14. The normalized spacial score (nSPS) is 20.8. The zero-order chi connectivity index (χ0) is 24.7. The molecule has 2 atom stereocenters. The van der Waals surface area contributed by atoms with Gasteiger partial charge in [-0.1, -0.05) is 54.8 Å². The average Bonchev–Trinajstić information content (AvgIpc) is 3.02. The van der Waals surface area contributed by atoms with Crippen molar-refractivity contribution in [3.63, 3.8) is 0 Å². The molecule has 4 nitrogen and oxygen atoms in total. The molecule has 0 bridgehead atoms. The fourth-order valence-electron chi connectivity index (χ4n) is 4.46. The molecule has 1 heterocycles. The molecule has 1 fully saturated rings. The van der Waals surface area contributed by atoms with Crippen molar-refractivity contribution in [3.8, 4) is 0 Å². The SMILES string of the molecule is CCCC1N(c2ccc(C)cc2)C(=O)N(c2ccc(Cl)cc2)C1(O)c1cccc(C(F)(F)F)c1. The zero-order valence-electron chi connectivity index (χ0n) is 18.7. The lowest BCUT2D eigenvalue weighted by Gasteiger charge is -2.37. The Morgan fingerprint density at radius 3 is 2.21 bits per heavy atom. The molecule has 8 heteroatoms. The first kappa shape index (κ1) is 24.1. The van der Waals surface area contributed by atoms with Crippen LogP contribution < -0.4 is 9.80 Å². The molecule has 0 spiro atoms. The lowest BCUT2D eigenvalue weighted by Crippen LogP contribution is -2.49. The van der Waals surface area contributed by atoms with Gasteiger partial charge in [0.2, 0.25) is 0 Å². The van der Waals surface area contributed by atoms with Crippen LogP contribution >= 0.6 is 11.6 Å². The summed E-state index contributed by atoms with van der Waals surface area (Å²) >= 11 is 6.03. The van der Waals surface area contributed by atoms with Crippen molar-refractivity contribution < 1.29 is 23.1 Å². The smallest absolute Gasteiger partial charge is 0.365 e. The molecule has 0 aliphatic carbocycles. The number of carbonyl (C=O) groups is 1. The topological polar surface area (TPSA) is 43.8 Å². The number of nitrogens with zero attached hydrogens (tertiary/aromatic N) is 2. The summed E-state index contributed by atoms with van der Waals surface area (Å²) < 4.78 is 40.7. The summed E-state index contributed by atoms with van der Waals surface area (Å²) in [5.41, 5.74) is -1.11. The maximum Gasteiger partial charge on any atom is 0.416 e. The first-order chi connectivity index (χ1) is 16.1. The van der Waals surface area contributed by atoms with Gasteiger partial charge in [0.05, 0.1) is 11.6 Å². The van der Waals surface area contributed by atoms with E-state index in [1.54, 1.807) is 36.4 Å². The van der Waals surface area contributed by atoms with E-state index in [-0.39, 0.29) is 5.56 Å². The Hall–Kier alpha value is -3.03. The molecule has 3 aromatic carbocycles. The van der Waals surface area contributed by atoms with E-state index in [1.807, 2.05) is 26.0 Å². The second kappa shape index (κ2) is 8.96. The van der Waals surface area contributed by atoms with Gasteiger partial charge in [-0.3, -0.25) is 9.80 Å². The number of hydrogen-bond donors (Lipinski definition) is 1. The van der Waals surface area contributed by atoms with Crippen LogP contribution in [0.15, 0.2) is 72.8 Å². The molecular formula is C26H24ClF3N2O2. The summed E-state index contributed by atoms with van der Waals surface area (Å²) in [7, 11) is 0.